The van der Waals surface area contributed by atoms with Crippen LogP contribution in [0, 0.1) is 17.1 Å². The third-order valence-electron chi connectivity index (χ3n) is 6.64. The standard InChI is InChI=1S/C27H33FN6O3Si/c1-5-18-14-30-26(31-20-7-6-10-33(15-20)27(35)36)32-24(18)22-16-34(17-37-11-12-38(2,3)4)25-21(22)9-8-19(13-29)23(25)28/h5,8-9,14,16,20H,1,6-7,10-12,15,17H2,2-4H3,(H,35,36)(H,30,31,32)/t20-/m0/s1. The van der Waals surface area contributed by atoms with Crippen LogP contribution in [-0.4, -0.2) is 64.4 Å². The largest absolute Gasteiger partial charge is 0.465 e. The Kier molecular flexibility index (Phi) is 8.13. The fourth-order valence-corrected chi connectivity index (χ4v) is 5.30. The summed E-state index contributed by atoms with van der Waals surface area (Å²) in [6, 6.07) is 5.96. The van der Waals surface area contributed by atoms with Crippen LogP contribution in [0.25, 0.3) is 28.2 Å². The van der Waals surface area contributed by atoms with Crippen molar-refractivity contribution >= 4 is 37.1 Å². The van der Waals surface area contributed by atoms with Crippen molar-refractivity contribution < 1.29 is 19.0 Å². The molecular formula is C27H33FN6O3Si. The number of nitriles is 1. The first-order chi connectivity index (χ1) is 18.1. The predicted octanol–water partition coefficient (Wildman–Crippen LogP) is 5.62. The van der Waals surface area contributed by atoms with E-state index in [1.807, 2.05) is 6.07 Å². The maximum atomic E-state index is 15.4. The first-order valence-electron chi connectivity index (χ1n) is 12.6. The van der Waals surface area contributed by atoms with Crippen LogP contribution in [0.3, 0.4) is 0 Å². The van der Waals surface area contributed by atoms with Crippen molar-refractivity contribution in [3.8, 4) is 17.3 Å². The molecule has 1 aromatic carbocycles. The molecule has 1 amide bonds. The Morgan fingerprint density at radius 2 is 2.21 bits per heavy atom. The average Bonchev–Trinajstić information content (AvgIpc) is 3.25. The number of nitrogens with zero attached hydrogens (tertiary/aromatic N) is 5. The summed E-state index contributed by atoms with van der Waals surface area (Å²) in [6.45, 7) is 12.2. The lowest BCUT2D eigenvalue weighted by Gasteiger charge is -2.31. The molecule has 38 heavy (non-hydrogen) atoms. The zero-order valence-corrected chi connectivity index (χ0v) is 23.0. The zero-order chi connectivity index (χ0) is 27.4. The fourth-order valence-electron chi connectivity index (χ4n) is 4.55. The number of fused-ring (bicyclic) bond motifs is 1. The number of likely N-dealkylation sites (tertiary alicyclic amines) is 1. The fraction of sp³-hybridized carbons (Fsp3) is 0.407. The molecule has 11 heteroatoms. The lowest BCUT2D eigenvalue weighted by molar-refractivity contribution is 0.0899. The second kappa shape index (κ2) is 11.3. The van der Waals surface area contributed by atoms with Crippen LogP contribution in [0.2, 0.25) is 25.7 Å². The number of hydrogen-bond donors (Lipinski definition) is 2. The summed E-state index contributed by atoms with van der Waals surface area (Å²) in [5.41, 5.74) is 2.11. The smallest absolute Gasteiger partial charge is 0.407 e. The molecule has 0 unspecified atom stereocenters. The van der Waals surface area contributed by atoms with Gasteiger partial charge < -0.3 is 24.6 Å². The molecule has 2 aromatic heterocycles. The van der Waals surface area contributed by atoms with Crippen LogP contribution in [0.5, 0.6) is 0 Å². The summed E-state index contributed by atoms with van der Waals surface area (Å²) in [7, 11) is -1.29. The van der Waals surface area contributed by atoms with Gasteiger partial charge in [-0.3, -0.25) is 0 Å². The van der Waals surface area contributed by atoms with Crippen molar-refractivity contribution in [2.24, 2.45) is 0 Å². The van der Waals surface area contributed by atoms with Gasteiger partial charge in [-0.05, 0) is 25.0 Å². The second-order valence-corrected chi connectivity index (χ2v) is 16.3. The van der Waals surface area contributed by atoms with Crippen molar-refractivity contribution in [1.29, 1.82) is 5.26 Å². The number of carboxylic acid groups (broad SMARTS) is 1. The van der Waals surface area contributed by atoms with Crippen molar-refractivity contribution in [2.75, 3.05) is 25.0 Å². The van der Waals surface area contributed by atoms with Gasteiger partial charge in [0.2, 0.25) is 5.95 Å². The summed E-state index contributed by atoms with van der Waals surface area (Å²) in [6.07, 6.45) is 5.66. The Bertz CT molecular complexity index is 1390. The Balaban J connectivity index is 1.71. The number of amides is 1. The number of piperidine rings is 1. The molecule has 1 saturated heterocycles. The maximum absolute atomic E-state index is 15.4. The monoisotopic (exact) mass is 536 g/mol. The number of anilines is 1. The van der Waals surface area contributed by atoms with Crippen molar-refractivity contribution in [3.05, 3.63) is 48.0 Å². The number of rotatable bonds is 9. The minimum atomic E-state index is -1.29. The van der Waals surface area contributed by atoms with Gasteiger partial charge in [-0.1, -0.05) is 38.4 Å². The van der Waals surface area contributed by atoms with E-state index in [1.54, 1.807) is 29.1 Å². The molecule has 3 aromatic rings. The van der Waals surface area contributed by atoms with E-state index in [4.69, 9.17) is 9.72 Å². The van der Waals surface area contributed by atoms with Crippen LogP contribution < -0.4 is 5.32 Å². The Labute approximate surface area is 222 Å². The van der Waals surface area contributed by atoms with E-state index in [2.05, 4.69) is 36.5 Å². The van der Waals surface area contributed by atoms with Crippen LogP contribution in [0.4, 0.5) is 15.1 Å². The molecule has 1 aliphatic rings. The van der Waals surface area contributed by atoms with Gasteiger partial charge in [0.05, 0.1) is 16.8 Å². The molecule has 0 radical (unpaired) electrons. The van der Waals surface area contributed by atoms with Crippen LogP contribution in [0.15, 0.2) is 31.1 Å². The Morgan fingerprint density at radius 1 is 1.42 bits per heavy atom. The zero-order valence-electron chi connectivity index (χ0n) is 22.0. The normalized spacial score (nSPS) is 15.9. The summed E-state index contributed by atoms with van der Waals surface area (Å²) in [4.78, 5) is 22.0. The van der Waals surface area contributed by atoms with E-state index in [-0.39, 0.29) is 23.9 Å². The molecule has 1 fully saturated rings. The van der Waals surface area contributed by atoms with Crippen LogP contribution >= 0.6 is 0 Å². The van der Waals surface area contributed by atoms with E-state index in [0.717, 1.165) is 18.9 Å². The van der Waals surface area contributed by atoms with Gasteiger partial charge >= 0.3 is 6.09 Å². The third kappa shape index (κ3) is 6.03. The summed E-state index contributed by atoms with van der Waals surface area (Å²) >= 11 is 0. The molecule has 200 valence electrons. The number of nitrogens with one attached hydrogen (secondary N) is 1. The number of halogens is 1. The molecule has 1 atom stereocenters. The highest BCUT2D eigenvalue weighted by molar-refractivity contribution is 6.76. The summed E-state index contributed by atoms with van der Waals surface area (Å²) in [5.74, 6) is -0.252. The molecular weight excluding hydrogens is 503 g/mol. The number of carbonyl (C=O) groups is 1. The number of benzene rings is 1. The van der Waals surface area contributed by atoms with Gasteiger partial charge in [0.25, 0.3) is 0 Å². The first-order valence-corrected chi connectivity index (χ1v) is 16.4. The molecule has 0 bridgehead atoms. The summed E-state index contributed by atoms with van der Waals surface area (Å²) in [5, 5.41) is 22.6. The van der Waals surface area contributed by atoms with E-state index in [1.165, 1.54) is 11.0 Å². The number of aromatic nitrogens is 3. The Hall–Kier alpha value is -3.75. The molecule has 1 aliphatic heterocycles. The molecule has 0 spiro atoms. The lowest BCUT2D eigenvalue weighted by atomic mass is 10.0. The van der Waals surface area contributed by atoms with Crippen molar-refractivity contribution in [1.82, 2.24) is 19.4 Å². The van der Waals surface area contributed by atoms with E-state index in [9.17, 15) is 15.2 Å². The molecule has 4 rings (SSSR count). The minimum Gasteiger partial charge on any atom is -0.465 e. The SMILES string of the molecule is C=Cc1cnc(N[C@H]2CCCN(C(=O)O)C2)nc1-c1cn(COCC[Si](C)(C)C)c2c(F)c(C#N)ccc12. The van der Waals surface area contributed by atoms with Crippen LogP contribution in [0.1, 0.15) is 24.0 Å². The van der Waals surface area contributed by atoms with Crippen molar-refractivity contribution in [2.45, 2.75) is 51.3 Å². The first kappa shape index (κ1) is 27.3. The molecule has 3 heterocycles. The molecule has 9 nitrogen and oxygen atoms in total. The molecule has 0 saturated carbocycles. The van der Waals surface area contributed by atoms with Crippen molar-refractivity contribution in [3.63, 3.8) is 0 Å². The Morgan fingerprint density at radius 3 is 2.89 bits per heavy atom. The van der Waals surface area contributed by atoms with Gasteiger partial charge in [0.15, 0.2) is 5.82 Å². The highest BCUT2D eigenvalue weighted by atomic mass is 28.3. The average molecular weight is 537 g/mol. The number of ether oxygens (including phenoxy) is 1. The second-order valence-electron chi connectivity index (χ2n) is 10.7. The molecule has 0 aliphatic carbocycles. The lowest BCUT2D eigenvalue weighted by Crippen LogP contribution is -2.44. The topological polar surface area (TPSA) is 116 Å². The molecule has 2 N–H and O–H groups in total. The van der Waals surface area contributed by atoms with E-state index in [0.29, 0.717) is 47.9 Å². The quantitative estimate of drug-likeness (QED) is 0.269. The predicted molar refractivity (Wildman–Crippen MR) is 148 cm³/mol. The van der Waals surface area contributed by atoms with Gasteiger partial charge in [0.1, 0.15) is 12.8 Å². The van der Waals surface area contributed by atoms with Crippen LogP contribution in [-0.2, 0) is 11.5 Å². The maximum Gasteiger partial charge on any atom is 0.407 e. The van der Waals surface area contributed by atoms with Gasteiger partial charge in [-0.15, -0.1) is 0 Å². The van der Waals surface area contributed by atoms with Gasteiger partial charge in [-0.2, -0.15) is 5.26 Å². The van der Waals surface area contributed by atoms with Gasteiger partial charge in [-0.25, -0.2) is 19.2 Å². The third-order valence-corrected chi connectivity index (χ3v) is 8.35. The number of hydrogen-bond acceptors (Lipinski definition) is 6. The minimum absolute atomic E-state index is 0.0419. The summed E-state index contributed by atoms with van der Waals surface area (Å²) < 4.78 is 23.0. The van der Waals surface area contributed by atoms with E-state index >= 15 is 4.39 Å². The van der Waals surface area contributed by atoms with Gasteiger partial charge in [0, 0.05) is 62.7 Å². The highest BCUT2D eigenvalue weighted by Gasteiger charge is 2.25. The van der Waals surface area contributed by atoms with E-state index < -0.39 is 20.0 Å². The highest BCUT2D eigenvalue weighted by Crippen LogP contribution is 2.35.